The number of β-amino-alcohol motifs (C(OH)–C–C–N with tert-alkyl or cyclic N) is 1. The molecule has 1 atom stereocenters. The molecule has 1 fully saturated rings. The van der Waals surface area contributed by atoms with E-state index in [9.17, 15) is 9.50 Å². The third kappa shape index (κ3) is 2.57. The van der Waals surface area contributed by atoms with Crippen molar-refractivity contribution in [2.45, 2.75) is 6.10 Å². The van der Waals surface area contributed by atoms with Gasteiger partial charge in [-0.15, -0.1) is 0 Å². The predicted molar refractivity (Wildman–Crippen MR) is 77.1 cm³/mol. The molecule has 20 heavy (non-hydrogen) atoms. The lowest BCUT2D eigenvalue weighted by Crippen LogP contribution is -2.44. The average molecular weight is 277 g/mol. The zero-order valence-electron chi connectivity index (χ0n) is 11.6. The van der Waals surface area contributed by atoms with Crippen LogP contribution in [0.3, 0.4) is 0 Å². The van der Waals surface area contributed by atoms with Crippen LogP contribution < -0.4 is 5.32 Å². The Labute approximate surface area is 117 Å². The second-order valence-electron chi connectivity index (χ2n) is 5.42. The number of aliphatic hydroxyl groups excluding tert-OH is 1. The molecule has 1 saturated heterocycles. The van der Waals surface area contributed by atoms with Crippen molar-refractivity contribution < 1.29 is 9.50 Å². The van der Waals surface area contributed by atoms with Crippen LogP contribution in [-0.2, 0) is 7.05 Å². The minimum absolute atomic E-state index is 0.248. The highest BCUT2D eigenvalue weighted by Gasteiger charge is 2.19. The van der Waals surface area contributed by atoms with Gasteiger partial charge in [0.15, 0.2) is 0 Å². The topological polar surface area (TPSA) is 40.4 Å². The van der Waals surface area contributed by atoms with E-state index in [-0.39, 0.29) is 5.82 Å². The largest absolute Gasteiger partial charge is 0.387 e. The first-order valence-corrected chi connectivity index (χ1v) is 7.01. The number of fused-ring (bicyclic) bond motifs is 1. The molecule has 1 aliphatic rings. The summed E-state index contributed by atoms with van der Waals surface area (Å²) in [4.78, 5) is 2.25. The fourth-order valence-electron chi connectivity index (χ4n) is 2.89. The summed E-state index contributed by atoms with van der Waals surface area (Å²) in [6.45, 7) is 4.46. The number of piperazine rings is 1. The Hall–Kier alpha value is -1.43. The Morgan fingerprint density at radius 1 is 1.35 bits per heavy atom. The number of rotatable bonds is 3. The second-order valence-corrected chi connectivity index (χ2v) is 5.42. The average Bonchev–Trinajstić information content (AvgIpc) is 2.77. The number of hydrogen-bond acceptors (Lipinski definition) is 3. The van der Waals surface area contributed by atoms with Gasteiger partial charge >= 0.3 is 0 Å². The van der Waals surface area contributed by atoms with Crippen molar-refractivity contribution in [1.82, 2.24) is 14.8 Å². The number of aromatic nitrogens is 1. The van der Waals surface area contributed by atoms with E-state index in [4.69, 9.17) is 0 Å². The number of aliphatic hydroxyl groups is 1. The third-order valence-electron chi connectivity index (χ3n) is 3.98. The van der Waals surface area contributed by atoms with Gasteiger partial charge in [-0.25, -0.2) is 4.39 Å². The molecule has 0 radical (unpaired) electrons. The standard InChI is InChI=1S/C15H20FN3O/c1-18-9-13(12-3-2-11(16)8-14(12)18)15(20)10-19-6-4-17-5-7-19/h2-3,8-9,15,17,20H,4-7,10H2,1H3. The lowest BCUT2D eigenvalue weighted by atomic mass is 10.1. The quantitative estimate of drug-likeness (QED) is 0.887. The molecule has 2 aromatic rings. The van der Waals surface area contributed by atoms with Crippen LogP contribution in [0.2, 0.25) is 0 Å². The SMILES string of the molecule is Cn1cc(C(O)CN2CCNCC2)c2ccc(F)cc21. The van der Waals surface area contributed by atoms with E-state index in [1.165, 1.54) is 12.1 Å². The van der Waals surface area contributed by atoms with Crippen molar-refractivity contribution in [3.8, 4) is 0 Å². The van der Waals surface area contributed by atoms with Crippen LogP contribution >= 0.6 is 0 Å². The summed E-state index contributed by atoms with van der Waals surface area (Å²) in [6.07, 6.45) is 1.36. The molecular formula is C15H20FN3O. The van der Waals surface area contributed by atoms with Gasteiger partial charge in [0, 0.05) is 56.9 Å². The zero-order chi connectivity index (χ0) is 14.1. The number of nitrogens with one attached hydrogen (secondary N) is 1. The number of halogens is 1. The number of hydrogen-bond donors (Lipinski definition) is 2. The second kappa shape index (κ2) is 5.52. The molecule has 0 saturated carbocycles. The third-order valence-corrected chi connectivity index (χ3v) is 3.98. The van der Waals surface area contributed by atoms with Crippen LogP contribution in [0, 0.1) is 5.82 Å². The van der Waals surface area contributed by atoms with Crippen molar-refractivity contribution in [1.29, 1.82) is 0 Å². The lowest BCUT2D eigenvalue weighted by Gasteiger charge is -2.29. The van der Waals surface area contributed by atoms with Crippen LogP contribution in [0.5, 0.6) is 0 Å². The first kappa shape index (κ1) is 13.5. The van der Waals surface area contributed by atoms with Crippen molar-refractivity contribution in [2.75, 3.05) is 32.7 Å². The Bertz CT molecular complexity index is 604. The molecular weight excluding hydrogens is 257 g/mol. The highest BCUT2D eigenvalue weighted by molar-refractivity contribution is 5.84. The summed E-state index contributed by atoms with van der Waals surface area (Å²) in [5, 5.41) is 14.7. The summed E-state index contributed by atoms with van der Waals surface area (Å²) >= 11 is 0. The van der Waals surface area contributed by atoms with E-state index in [0.29, 0.717) is 6.54 Å². The van der Waals surface area contributed by atoms with Crippen LogP contribution in [-0.4, -0.2) is 47.3 Å². The van der Waals surface area contributed by atoms with E-state index in [2.05, 4.69) is 10.2 Å². The van der Waals surface area contributed by atoms with E-state index < -0.39 is 6.10 Å². The first-order chi connectivity index (χ1) is 9.65. The molecule has 5 heteroatoms. The van der Waals surface area contributed by atoms with Crippen LogP contribution in [0.25, 0.3) is 10.9 Å². The summed E-state index contributed by atoms with van der Waals surface area (Å²) < 4.78 is 15.2. The van der Waals surface area contributed by atoms with Gasteiger partial charge in [0.1, 0.15) is 5.82 Å². The maximum atomic E-state index is 13.3. The normalized spacial score (nSPS) is 18.6. The first-order valence-electron chi connectivity index (χ1n) is 7.01. The molecule has 0 amide bonds. The van der Waals surface area contributed by atoms with Gasteiger partial charge in [-0.3, -0.25) is 4.90 Å². The van der Waals surface area contributed by atoms with Crippen molar-refractivity contribution >= 4 is 10.9 Å². The molecule has 0 spiro atoms. The molecule has 4 nitrogen and oxygen atoms in total. The minimum Gasteiger partial charge on any atom is -0.387 e. The molecule has 2 N–H and O–H groups in total. The molecule has 1 aromatic carbocycles. The summed E-state index contributed by atoms with van der Waals surface area (Å²) in [5.74, 6) is -0.248. The van der Waals surface area contributed by atoms with Gasteiger partial charge in [0.25, 0.3) is 0 Å². The molecule has 1 unspecified atom stereocenters. The maximum absolute atomic E-state index is 13.3. The molecule has 1 aromatic heterocycles. The van der Waals surface area contributed by atoms with Gasteiger partial charge in [-0.2, -0.15) is 0 Å². The molecule has 1 aliphatic heterocycles. The van der Waals surface area contributed by atoms with Crippen LogP contribution in [0.15, 0.2) is 24.4 Å². The van der Waals surface area contributed by atoms with E-state index in [1.807, 2.05) is 17.8 Å². The Kier molecular flexibility index (Phi) is 3.74. The smallest absolute Gasteiger partial charge is 0.125 e. The van der Waals surface area contributed by atoms with Gasteiger partial charge in [-0.1, -0.05) is 0 Å². The van der Waals surface area contributed by atoms with E-state index in [1.54, 1.807) is 6.07 Å². The van der Waals surface area contributed by atoms with Gasteiger partial charge < -0.3 is 15.0 Å². The number of nitrogens with zero attached hydrogens (tertiary/aromatic N) is 2. The fraction of sp³-hybridized carbons (Fsp3) is 0.467. The minimum atomic E-state index is -0.540. The van der Waals surface area contributed by atoms with Crippen molar-refractivity contribution in [2.24, 2.45) is 7.05 Å². The molecule has 3 rings (SSSR count). The summed E-state index contributed by atoms with van der Waals surface area (Å²) in [5.41, 5.74) is 1.69. The van der Waals surface area contributed by atoms with Gasteiger partial charge in [0.2, 0.25) is 0 Å². The highest BCUT2D eigenvalue weighted by Crippen LogP contribution is 2.27. The molecule has 108 valence electrons. The number of benzene rings is 1. The summed E-state index contributed by atoms with van der Waals surface area (Å²) in [6, 6.07) is 4.71. The number of aryl methyl sites for hydroxylation is 1. The van der Waals surface area contributed by atoms with Gasteiger partial charge in [0.05, 0.1) is 11.6 Å². The molecule has 0 bridgehead atoms. The predicted octanol–water partition coefficient (Wildman–Crippen LogP) is 1.26. The van der Waals surface area contributed by atoms with Crippen molar-refractivity contribution in [3.05, 3.63) is 35.8 Å². The Balaban J connectivity index is 1.85. The monoisotopic (exact) mass is 277 g/mol. The Morgan fingerprint density at radius 2 is 2.10 bits per heavy atom. The van der Waals surface area contributed by atoms with Crippen LogP contribution in [0.4, 0.5) is 4.39 Å². The Morgan fingerprint density at radius 3 is 2.85 bits per heavy atom. The molecule has 2 heterocycles. The fourth-order valence-corrected chi connectivity index (χ4v) is 2.89. The van der Waals surface area contributed by atoms with Crippen LogP contribution in [0.1, 0.15) is 11.7 Å². The maximum Gasteiger partial charge on any atom is 0.125 e. The zero-order valence-corrected chi connectivity index (χ0v) is 11.6. The lowest BCUT2D eigenvalue weighted by molar-refractivity contribution is 0.106. The van der Waals surface area contributed by atoms with E-state index >= 15 is 0 Å². The molecule has 0 aliphatic carbocycles. The highest BCUT2D eigenvalue weighted by atomic mass is 19.1. The van der Waals surface area contributed by atoms with E-state index in [0.717, 1.165) is 42.6 Å². The van der Waals surface area contributed by atoms with Gasteiger partial charge in [-0.05, 0) is 18.2 Å². The van der Waals surface area contributed by atoms with Crippen molar-refractivity contribution in [3.63, 3.8) is 0 Å². The summed E-state index contributed by atoms with van der Waals surface area (Å²) in [7, 11) is 1.88.